The molecule has 1 rings (SSSR count). The number of amides is 1. The van der Waals surface area contributed by atoms with Crippen LogP contribution in [0.4, 0.5) is 4.79 Å². The summed E-state index contributed by atoms with van der Waals surface area (Å²) in [5, 5.41) is 13.6. The number of carbonyl (C=O) groups excluding carboxylic acids is 1. The van der Waals surface area contributed by atoms with Gasteiger partial charge < -0.3 is 15.2 Å². The van der Waals surface area contributed by atoms with E-state index in [1.54, 1.807) is 6.92 Å². The van der Waals surface area contributed by atoms with E-state index >= 15 is 0 Å². The highest BCUT2D eigenvalue weighted by Crippen LogP contribution is 2.37. The molecule has 1 aromatic rings. The van der Waals surface area contributed by atoms with Crippen molar-refractivity contribution in [3.8, 4) is 0 Å². The fourth-order valence-electron chi connectivity index (χ4n) is 4.59. The van der Waals surface area contributed by atoms with Crippen LogP contribution in [0.15, 0.2) is 24.3 Å². The van der Waals surface area contributed by atoms with E-state index in [-0.39, 0.29) is 5.41 Å². The van der Waals surface area contributed by atoms with E-state index in [4.69, 9.17) is 4.74 Å². The predicted octanol–water partition coefficient (Wildman–Crippen LogP) is 6.92. The normalized spacial score (nSPS) is 13.6. The van der Waals surface area contributed by atoms with Gasteiger partial charge in [-0.15, -0.1) is 0 Å². The molecule has 0 fully saturated rings. The average Bonchev–Trinajstić information content (AvgIpc) is 2.77. The van der Waals surface area contributed by atoms with E-state index < -0.39 is 18.2 Å². The molecule has 2 atom stereocenters. The minimum atomic E-state index is -0.679. The number of alkyl carbamates (subject to hydrolysis) is 1. The second-order valence-electron chi connectivity index (χ2n) is 8.93. The first kappa shape index (κ1) is 27.5. The van der Waals surface area contributed by atoms with E-state index in [1.807, 2.05) is 0 Å². The summed E-state index contributed by atoms with van der Waals surface area (Å²) in [6.45, 7) is 10.7. The molecule has 0 aliphatic heterocycles. The molecule has 0 bridgehead atoms. The first-order valence-electron chi connectivity index (χ1n) is 12.7. The number of nitrogens with one attached hydrogen (secondary N) is 1. The summed E-state index contributed by atoms with van der Waals surface area (Å²) in [5.41, 5.74) is 2.20. The highest BCUT2D eigenvalue weighted by atomic mass is 16.5. The number of aliphatic hydroxyl groups excluding tert-OH is 1. The molecule has 0 spiro atoms. The highest BCUT2D eigenvalue weighted by molar-refractivity contribution is 5.68. The zero-order chi connectivity index (χ0) is 23.1. The van der Waals surface area contributed by atoms with Crippen LogP contribution < -0.4 is 5.32 Å². The maximum Gasteiger partial charge on any atom is 0.407 e. The van der Waals surface area contributed by atoms with Crippen LogP contribution in [0.25, 0.3) is 0 Å². The monoisotopic (exact) mass is 433 g/mol. The molecule has 1 amide bonds. The van der Waals surface area contributed by atoms with Crippen molar-refractivity contribution >= 4 is 6.09 Å². The number of aliphatic hydroxyl groups is 1. The fraction of sp³-hybridized carbons (Fsp3) is 0.741. The first-order valence-corrected chi connectivity index (χ1v) is 12.7. The van der Waals surface area contributed by atoms with Crippen molar-refractivity contribution in [1.82, 2.24) is 5.32 Å². The van der Waals surface area contributed by atoms with Crippen LogP contribution in [0, 0.1) is 0 Å². The van der Waals surface area contributed by atoms with Gasteiger partial charge >= 0.3 is 6.09 Å². The van der Waals surface area contributed by atoms with Gasteiger partial charge in [-0.25, -0.2) is 4.79 Å². The molecule has 0 saturated heterocycles. The van der Waals surface area contributed by atoms with Crippen molar-refractivity contribution < 1.29 is 14.6 Å². The number of ether oxygens (including phenoxy) is 1. The SMILES string of the molecule is CCCCCCCCc1ccc(C(CC)(CC)C(NC(=O)OCCCC)C(C)O)cc1. The summed E-state index contributed by atoms with van der Waals surface area (Å²) < 4.78 is 5.32. The zero-order valence-corrected chi connectivity index (χ0v) is 20.7. The van der Waals surface area contributed by atoms with Gasteiger partial charge in [0.1, 0.15) is 0 Å². The molecular weight excluding hydrogens is 386 g/mol. The number of unbranched alkanes of at least 4 members (excludes halogenated alkanes) is 6. The number of hydrogen-bond acceptors (Lipinski definition) is 3. The van der Waals surface area contributed by atoms with E-state index in [2.05, 4.69) is 57.3 Å². The summed E-state index contributed by atoms with van der Waals surface area (Å²) in [4.78, 5) is 12.4. The molecule has 4 nitrogen and oxygen atoms in total. The maximum atomic E-state index is 12.4. The number of hydrogen-bond donors (Lipinski definition) is 2. The van der Waals surface area contributed by atoms with Gasteiger partial charge in [0.2, 0.25) is 0 Å². The maximum absolute atomic E-state index is 12.4. The van der Waals surface area contributed by atoms with Crippen molar-refractivity contribution in [3.05, 3.63) is 35.4 Å². The molecule has 0 aliphatic carbocycles. The molecule has 0 heterocycles. The average molecular weight is 434 g/mol. The Hall–Kier alpha value is -1.55. The van der Waals surface area contributed by atoms with Crippen molar-refractivity contribution in [2.75, 3.05) is 6.61 Å². The lowest BCUT2D eigenvalue weighted by Gasteiger charge is -2.42. The minimum absolute atomic E-state index is 0.337. The Morgan fingerprint density at radius 2 is 1.52 bits per heavy atom. The van der Waals surface area contributed by atoms with Crippen LogP contribution in [-0.2, 0) is 16.6 Å². The van der Waals surface area contributed by atoms with Crippen LogP contribution in [-0.4, -0.2) is 30.0 Å². The molecule has 178 valence electrons. The zero-order valence-electron chi connectivity index (χ0n) is 20.7. The van der Waals surface area contributed by atoms with Crippen molar-refractivity contribution in [2.24, 2.45) is 0 Å². The minimum Gasteiger partial charge on any atom is -0.450 e. The summed E-state index contributed by atoms with van der Waals surface area (Å²) in [6, 6.07) is 8.43. The Morgan fingerprint density at radius 1 is 0.935 bits per heavy atom. The third-order valence-corrected chi connectivity index (χ3v) is 6.69. The molecule has 0 radical (unpaired) electrons. The molecule has 31 heavy (non-hydrogen) atoms. The smallest absolute Gasteiger partial charge is 0.407 e. The van der Waals surface area contributed by atoms with Crippen LogP contribution in [0.2, 0.25) is 0 Å². The number of carbonyl (C=O) groups is 1. The van der Waals surface area contributed by atoms with E-state index in [9.17, 15) is 9.90 Å². The molecule has 2 unspecified atom stereocenters. The summed E-state index contributed by atoms with van der Waals surface area (Å²) in [7, 11) is 0. The number of benzene rings is 1. The lowest BCUT2D eigenvalue weighted by atomic mass is 9.68. The lowest BCUT2D eigenvalue weighted by molar-refractivity contribution is 0.0768. The standard InChI is InChI=1S/C27H47NO3/c1-6-10-12-13-14-15-16-23-17-19-24(20-18-23)27(8-3,9-4)25(22(5)29)28-26(30)31-21-11-7-2/h17-20,22,25,29H,6-16,21H2,1-5H3,(H,28,30). The quantitative estimate of drug-likeness (QED) is 0.278. The summed E-state index contributed by atoms with van der Waals surface area (Å²) >= 11 is 0. The van der Waals surface area contributed by atoms with Gasteiger partial charge in [0.25, 0.3) is 0 Å². The molecule has 4 heteroatoms. The van der Waals surface area contributed by atoms with Crippen molar-refractivity contribution in [1.29, 1.82) is 0 Å². The highest BCUT2D eigenvalue weighted by Gasteiger charge is 2.41. The molecule has 0 aliphatic rings. The van der Waals surface area contributed by atoms with Crippen molar-refractivity contribution in [3.63, 3.8) is 0 Å². The molecule has 0 saturated carbocycles. The largest absolute Gasteiger partial charge is 0.450 e. The Bertz CT molecular complexity index is 593. The Kier molecular flexibility index (Phi) is 13.6. The van der Waals surface area contributed by atoms with Gasteiger partial charge in [0.15, 0.2) is 0 Å². The molecular formula is C27H47NO3. The molecule has 0 aromatic heterocycles. The molecule has 2 N–H and O–H groups in total. The summed E-state index contributed by atoms with van der Waals surface area (Å²) in [5.74, 6) is 0. The van der Waals surface area contributed by atoms with Gasteiger partial charge in [0, 0.05) is 5.41 Å². The second kappa shape index (κ2) is 15.3. The Balaban J connectivity index is 2.86. The van der Waals surface area contributed by atoms with E-state index in [1.165, 1.54) is 49.7 Å². The van der Waals surface area contributed by atoms with Gasteiger partial charge in [-0.3, -0.25) is 0 Å². The fourth-order valence-corrected chi connectivity index (χ4v) is 4.59. The van der Waals surface area contributed by atoms with E-state index in [0.29, 0.717) is 6.61 Å². The van der Waals surface area contributed by atoms with Gasteiger partial charge in [-0.05, 0) is 50.2 Å². The van der Waals surface area contributed by atoms with Gasteiger partial charge in [-0.2, -0.15) is 0 Å². The predicted molar refractivity (Wildman–Crippen MR) is 131 cm³/mol. The number of aryl methyl sites for hydroxylation is 1. The van der Waals surface area contributed by atoms with Crippen molar-refractivity contribution in [2.45, 2.75) is 123 Å². The number of rotatable bonds is 16. The first-order chi connectivity index (χ1) is 14.9. The second-order valence-corrected chi connectivity index (χ2v) is 8.93. The van der Waals surface area contributed by atoms with Gasteiger partial charge in [-0.1, -0.05) is 90.5 Å². The molecule has 1 aromatic carbocycles. The van der Waals surface area contributed by atoms with E-state index in [0.717, 1.165) is 32.1 Å². The third-order valence-electron chi connectivity index (χ3n) is 6.69. The van der Waals surface area contributed by atoms with Gasteiger partial charge in [0.05, 0.1) is 18.8 Å². The topological polar surface area (TPSA) is 58.6 Å². The van der Waals surface area contributed by atoms with Crippen LogP contribution >= 0.6 is 0 Å². The lowest BCUT2D eigenvalue weighted by Crippen LogP contribution is -2.55. The van der Waals surface area contributed by atoms with Crippen LogP contribution in [0.5, 0.6) is 0 Å². The van der Waals surface area contributed by atoms with Crippen LogP contribution in [0.1, 0.15) is 110 Å². The summed E-state index contributed by atoms with van der Waals surface area (Å²) in [6.07, 6.45) is 11.3. The Morgan fingerprint density at radius 3 is 2.06 bits per heavy atom. The van der Waals surface area contributed by atoms with Crippen LogP contribution in [0.3, 0.4) is 0 Å². The Labute approximate surface area is 191 Å². The third kappa shape index (κ3) is 8.84.